The van der Waals surface area contributed by atoms with Gasteiger partial charge in [0.15, 0.2) is 5.82 Å². The Kier molecular flexibility index (Phi) is 2.41. The monoisotopic (exact) mass is 227 g/mol. The molecule has 3 nitrogen and oxygen atoms in total. The Balaban J connectivity index is 2.58. The number of rotatable bonds is 1. The average Bonchev–Trinajstić information content (AvgIpc) is 2.61. The fourth-order valence-corrected chi connectivity index (χ4v) is 1.36. The van der Waals surface area contributed by atoms with Gasteiger partial charge < -0.3 is 0 Å². The molecular weight excluding hydrogens is 219 g/mol. The molecule has 0 aliphatic heterocycles. The third-order valence-corrected chi connectivity index (χ3v) is 1.99. The summed E-state index contributed by atoms with van der Waals surface area (Å²) in [6, 6.07) is 5.71. The van der Waals surface area contributed by atoms with Crippen LogP contribution in [0.3, 0.4) is 0 Å². The fourth-order valence-electron chi connectivity index (χ4n) is 1.36. The van der Waals surface area contributed by atoms with Crippen molar-refractivity contribution in [1.82, 2.24) is 14.8 Å². The average molecular weight is 227 g/mol. The van der Waals surface area contributed by atoms with Crippen LogP contribution in [0.5, 0.6) is 0 Å². The molecule has 84 valence electrons. The summed E-state index contributed by atoms with van der Waals surface area (Å²) >= 11 is 0. The lowest BCUT2D eigenvalue weighted by Gasteiger charge is -2.08. The lowest BCUT2D eigenvalue weighted by Crippen LogP contribution is -2.13. The lowest BCUT2D eigenvalue weighted by molar-refractivity contribution is -0.142. The third-order valence-electron chi connectivity index (χ3n) is 1.99. The largest absolute Gasteiger partial charge is 0.433 e. The van der Waals surface area contributed by atoms with Crippen LogP contribution in [0.15, 0.2) is 30.5 Å². The van der Waals surface area contributed by atoms with Crippen LogP contribution in [-0.4, -0.2) is 14.8 Å². The number of hydrogen-bond acceptors (Lipinski definition) is 2. The van der Waals surface area contributed by atoms with Crippen LogP contribution in [0.25, 0.3) is 5.82 Å². The molecular formula is C10H8F3N3. The molecule has 2 rings (SSSR count). The molecule has 0 fully saturated rings. The van der Waals surface area contributed by atoms with Crippen LogP contribution in [0.2, 0.25) is 0 Å². The Morgan fingerprint density at radius 1 is 1.25 bits per heavy atom. The van der Waals surface area contributed by atoms with E-state index in [1.165, 1.54) is 19.2 Å². The van der Waals surface area contributed by atoms with Gasteiger partial charge in [-0.05, 0) is 25.1 Å². The first-order chi connectivity index (χ1) is 7.48. The fraction of sp³-hybridized carbons (Fsp3) is 0.200. The summed E-state index contributed by atoms with van der Waals surface area (Å²) in [5, 5.41) is 3.78. The van der Waals surface area contributed by atoms with Gasteiger partial charge in [-0.2, -0.15) is 18.3 Å². The number of nitrogens with zero attached hydrogens (tertiary/aromatic N) is 3. The molecule has 0 saturated carbocycles. The summed E-state index contributed by atoms with van der Waals surface area (Å²) < 4.78 is 38.8. The number of hydrogen-bond donors (Lipinski definition) is 0. The van der Waals surface area contributed by atoms with Crippen molar-refractivity contribution in [2.45, 2.75) is 13.1 Å². The summed E-state index contributed by atoms with van der Waals surface area (Å²) in [6.07, 6.45) is -3.01. The molecule has 6 heteroatoms. The Morgan fingerprint density at radius 3 is 2.56 bits per heavy atom. The second-order valence-corrected chi connectivity index (χ2v) is 3.27. The van der Waals surface area contributed by atoms with E-state index < -0.39 is 11.9 Å². The molecule has 0 radical (unpaired) electrons. The molecule has 0 aliphatic rings. The second kappa shape index (κ2) is 3.62. The summed E-state index contributed by atoms with van der Waals surface area (Å²) in [5.41, 5.74) is -0.512. The van der Waals surface area contributed by atoms with Crippen LogP contribution in [0.4, 0.5) is 13.2 Å². The van der Waals surface area contributed by atoms with E-state index in [2.05, 4.69) is 10.1 Å². The molecule has 0 aliphatic carbocycles. The van der Waals surface area contributed by atoms with E-state index in [1.807, 2.05) is 0 Å². The highest BCUT2D eigenvalue weighted by atomic mass is 19.4. The highest BCUT2D eigenvalue weighted by molar-refractivity contribution is 5.27. The number of halogens is 3. The van der Waals surface area contributed by atoms with E-state index in [-0.39, 0.29) is 5.82 Å². The predicted molar refractivity (Wildman–Crippen MR) is 51.1 cm³/mol. The molecule has 2 heterocycles. The first kappa shape index (κ1) is 10.7. The normalized spacial score (nSPS) is 11.8. The van der Waals surface area contributed by atoms with Crippen molar-refractivity contribution >= 4 is 0 Å². The maximum absolute atomic E-state index is 12.7. The van der Waals surface area contributed by atoms with Gasteiger partial charge in [-0.1, -0.05) is 6.07 Å². The molecule has 0 unspecified atom stereocenters. The summed E-state index contributed by atoms with van der Waals surface area (Å²) in [6.45, 7) is 1.51. The summed E-state index contributed by atoms with van der Waals surface area (Å²) in [4.78, 5) is 3.84. The van der Waals surface area contributed by atoms with Crippen molar-refractivity contribution in [3.63, 3.8) is 0 Å². The number of pyridine rings is 1. The van der Waals surface area contributed by atoms with Crippen molar-refractivity contribution in [3.05, 3.63) is 41.9 Å². The molecule has 0 spiro atoms. The zero-order valence-electron chi connectivity index (χ0n) is 8.36. The topological polar surface area (TPSA) is 30.7 Å². The van der Waals surface area contributed by atoms with E-state index in [1.54, 1.807) is 12.1 Å². The maximum Gasteiger partial charge on any atom is 0.433 e. The first-order valence-electron chi connectivity index (χ1n) is 4.54. The molecule has 2 aromatic heterocycles. The molecule has 0 N–H and O–H groups in total. The van der Waals surface area contributed by atoms with E-state index in [0.29, 0.717) is 5.69 Å². The molecule has 0 aromatic carbocycles. The van der Waals surface area contributed by atoms with Gasteiger partial charge in [0.1, 0.15) is 5.69 Å². The van der Waals surface area contributed by atoms with Crippen molar-refractivity contribution in [3.8, 4) is 5.82 Å². The molecule has 0 atom stereocenters. The van der Waals surface area contributed by atoms with Gasteiger partial charge >= 0.3 is 6.18 Å². The lowest BCUT2D eigenvalue weighted by atomic mass is 10.3. The van der Waals surface area contributed by atoms with Crippen molar-refractivity contribution in [2.24, 2.45) is 0 Å². The predicted octanol–water partition coefficient (Wildman–Crippen LogP) is 2.59. The van der Waals surface area contributed by atoms with Gasteiger partial charge in [-0.25, -0.2) is 9.67 Å². The molecule has 0 bridgehead atoms. The first-order valence-corrected chi connectivity index (χ1v) is 4.54. The smallest absolute Gasteiger partial charge is 0.237 e. The Labute approximate surface area is 89.5 Å². The Bertz CT molecular complexity index is 488. The van der Waals surface area contributed by atoms with Crippen LogP contribution in [-0.2, 0) is 6.18 Å². The summed E-state index contributed by atoms with van der Waals surface area (Å²) in [7, 11) is 0. The zero-order valence-corrected chi connectivity index (χ0v) is 8.36. The van der Waals surface area contributed by atoms with Gasteiger partial charge in [0.25, 0.3) is 0 Å². The molecule has 2 aromatic rings. The zero-order chi connectivity index (χ0) is 11.8. The van der Waals surface area contributed by atoms with E-state index in [4.69, 9.17) is 0 Å². The van der Waals surface area contributed by atoms with Gasteiger partial charge in [-0.3, -0.25) is 0 Å². The highest BCUT2D eigenvalue weighted by Gasteiger charge is 2.36. The second-order valence-electron chi connectivity index (χ2n) is 3.27. The van der Waals surface area contributed by atoms with Crippen LogP contribution in [0.1, 0.15) is 11.4 Å². The van der Waals surface area contributed by atoms with Crippen LogP contribution in [0, 0.1) is 6.92 Å². The third kappa shape index (κ3) is 1.91. The standard InChI is InChI=1S/C10H8F3N3/c1-7-6-8(10(11,12)13)16(15-7)9-4-2-3-5-14-9/h2-6H,1H3. The van der Waals surface area contributed by atoms with E-state index >= 15 is 0 Å². The van der Waals surface area contributed by atoms with Crippen LogP contribution < -0.4 is 0 Å². The van der Waals surface area contributed by atoms with Gasteiger partial charge in [0, 0.05) is 6.20 Å². The van der Waals surface area contributed by atoms with E-state index in [9.17, 15) is 13.2 Å². The molecule has 16 heavy (non-hydrogen) atoms. The van der Waals surface area contributed by atoms with Gasteiger partial charge in [0.05, 0.1) is 5.69 Å². The van der Waals surface area contributed by atoms with Crippen molar-refractivity contribution in [2.75, 3.05) is 0 Å². The molecule has 0 amide bonds. The molecule has 0 saturated heterocycles. The Hall–Kier alpha value is -1.85. The van der Waals surface area contributed by atoms with Gasteiger partial charge in [-0.15, -0.1) is 0 Å². The minimum Gasteiger partial charge on any atom is -0.237 e. The quantitative estimate of drug-likeness (QED) is 0.749. The Morgan fingerprint density at radius 2 is 2.00 bits per heavy atom. The van der Waals surface area contributed by atoms with Crippen molar-refractivity contribution < 1.29 is 13.2 Å². The summed E-state index contributed by atoms with van der Waals surface area (Å²) in [5.74, 6) is 0.155. The minimum atomic E-state index is -4.43. The van der Waals surface area contributed by atoms with Crippen LogP contribution >= 0.6 is 0 Å². The van der Waals surface area contributed by atoms with Crippen molar-refractivity contribution in [1.29, 1.82) is 0 Å². The number of aryl methyl sites for hydroxylation is 1. The SMILES string of the molecule is Cc1cc(C(F)(F)F)n(-c2ccccn2)n1. The number of alkyl halides is 3. The number of aromatic nitrogens is 3. The maximum atomic E-state index is 12.7. The minimum absolute atomic E-state index is 0.155. The highest BCUT2D eigenvalue weighted by Crippen LogP contribution is 2.30. The van der Waals surface area contributed by atoms with Gasteiger partial charge in [0.2, 0.25) is 0 Å². The van der Waals surface area contributed by atoms with E-state index in [0.717, 1.165) is 10.7 Å².